The van der Waals surface area contributed by atoms with Crippen LogP contribution in [0.25, 0.3) is 6.08 Å². The molecule has 8 heteroatoms. The van der Waals surface area contributed by atoms with Crippen LogP contribution in [0.15, 0.2) is 78.2 Å². The maximum atomic E-state index is 13.3. The monoisotopic (exact) mass is 477 g/mol. The van der Waals surface area contributed by atoms with Crippen molar-refractivity contribution in [2.45, 2.75) is 26.4 Å². The van der Waals surface area contributed by atoms with E-state index in [9.17, 15) is 19.7 Å². The molecule has 0 aliphatic heterocycles. The van der Waals surface area contributed by atoms with E-state index < -0.39 is 4.92 Å². The van der Waals surface area contributed by atoms with E-state index in [-0.39, 0.29) is 24.0 Å². The Balaban J connectivity index is 1.70. The summed E-state index contributed by atoms with van der Waals surface area (Å²) >= 11 is 1.60. The Morgan fingerprint density at radius 3 is 2.32 bits per heavy atom. The van der Waals surface area contributed by atoms with Crippen LogP contribution in [0.4, 0.5) is 5.69 Å². The fourth-order valence-electron chi connectivity index (χ4n) is 3.41. The molecule has 34 heavy (non-hydrogen) atoms. The second-order valence-electron chi connectivity index (χ2n) is 7.76. The van der Waals surface area contributed by atoms with E-state index in [2.05, 4.69) is 0 Å². The minimum atomic E-state index is -0.468. The van der Waals surface area contributed by atoms with Crippen LogP contribution in [0.2, 0.25) is 0 Å². The highest BCUT2D eigenvalue weighted by molar-refractivity contribution is 7.09. The maximum absolute atomic E-state index is 13.3. The molecule has 2 aromatic carbocycles. The summed E-state index contributed by atoms with van der Waals surface area (Å²) in [6.07, 6.45) is 3.73. The highest BCUT2D eigenvalue weighted by Crippen LogP contribution is 2.16. The summed E-state index contributed by atoms with van der Waals surface area (Å²) < 4.78 is 0. The van der Waals surface area contributed by atoms with Gasteiger partial charge in [-0.2, -0.15) is 0 Å². The Kier molecular flexibility index (Phi) is 9.11. The summed E-state index contributed by atoms with van der Waals surface area (Å²) in [5, 5.41) is 12.8. The molecule has 7 nitrogen and oxygen atoms in total. The molecule has 0 fully saturated rings. The number of thiophene rings is 1. The average Bonchev–Trinajstić information content (AvgIpc) is 3.36. The molecule has 0 saturated carbocycles. The SMILES string of the molecule is CCCN(CC(=O)N(Cc1ccccc1)Cc1cccs1)C(=O)/C=C/c1ccc([N+](=O)[O-])cc1. The van der Waals surface area contributed by atoms with Crippen molar-refractivity contribution >= 4 is 34.9 Å². The van der Waals surface area contributed by atoms with Crippen molar-refractivity contribution in [3.63, 3.8) is 0 Å². The van der Waals surface area contributed by atoms with Crippen molar-refractivity contribution in [2.75, 3.05) is 13.1 Å². The molecule has 0 N–H and O–H groups in total. The van der Waals surface area contributed by atoms with E-state index in [1.165, 1.54) is 23.1 Å². The van der Waals surface area contributed by atoms with E-state index in [1.807, 2.05) is 54.8 Å². The first kappa shape index (κ1) is 24.9. The fourth-order valence-corrected chi connectivity index (χ4v) is 4.13. The molecule has 3 rings (SSSR count). The first-order valence-electron chi connectivity index (χ1n) is 11.0. The Morgan fingerprint density at radius 1 is 0.971 bits per heavy atom. The summed E-state index contributed by atoms with van der Waals surface area (Å²) in [6, 6.07) is 19.7. The van der Waals surface area contributed by atoms with E-state index in [0.29, 0.717) is 31.6 Å². The van der Waals surface area contributed by atoms with Gasteiger partial charge in [0, 0.05) is 36.2 Å². The van der Waals surface area contributed by atoms with E-state index >= 15 is 0 Å². The molecule has 0 atom stereocenters. The molecule has 176 valence electrons. The number of rotatable bonds is 11. The van der Waals surface area contributed by atoms with Gasteiger partial charge in [-0.25, -0.2) is 0 Å². The van der Waals surface area contributed by atoms with Crippen molar-refractivity contribution in [1.29, 1.82) is 0 Å². The highest BCUT2D eigenvalue weighted by atomic mass is 32.1. The molecule has 0 unspecified atom stereocenters. The highest BCUT2D eigenvalue weighted by Gasteiger charge is 2.20. The third kappa shape index (κ3) is 7.38. The Hall–Kier alpha value is -3.78. The average molecular weight is 478 g/mol. The predicted octanol–water partition coefficient (Wildman–Crippen LogP) is 5.14. The van der Waals surface area contributed by atoms with Crippen LogP contribution in [-0.4, -0.2) is 39.6 Å². The number of non-ortho nitro benzene ring substituents is 1. The third-order valence-electron chi connectivity index (χ3n) is 5.15. The number of carbonyl (C=O) groups excluding carboxylic acids is 2. The number of carbonyl (C=O) groups is 2. The summed E-state index contributed by atoms with van der Waals surface area (Å²) in [7, 11) is 0. The van der Waals surface area contributed by atoms with Crippen LogP contribution in [0.5, 0.6) is 0 Å². The summed E-state index contributed by atoms with van der Waals surface area (Å²) in [6.45, 7) is 3.34. The van der Waals surface area contributed by atoms with Gasteiger partial charge in [-0.15, -0.1) is 11.3 Å². The molecule has 1 aromatic heterocycles. The largest absolute Gasteiger partial charge is 0.332 e. The topological polar surface area (TPSA) is 83.8 Å². The van der Waals surface area contributed by atoms with Crippen molar-refractivity contribution in [2.24, 2.45) is 0 Å². The number of nitro groups is 1. The first-order valence-corrected chi connectivity index (χ1v) is 11.9. The zero-order chi connectivity index (χ0) is 24.3. The normalized spacial score (nSPS) is 10.9. The van der Waals surface area contributed by atoms with Gasteiger partial charge in [0.15, 0.2) is 0 Å². The van der Waals surface area contributed by atoms with Gasteiger partial charge in [-0.05, 0) is 47.2 Å². The molecule has 0 radical (unpaired) electrons. The van der Waals surface area contributed by atoms with Gasteiger partial charge in [-0.1, -0.05) is 43.3 Å². The molecule has 0 saturated heterocycles. The quantitative estimate of drug-likeness (QED) is 0.218. The van der Waals surface area contributed by atoms with Gasteiger partial charge in [0.1, 0.15) is 6.54 Å². The summed E-state index contributed by atoms with van der Waals surface area (Å²) in [5.74, 6) is -0.396. The summed E-state index contributed by atoms with van der Waals surface area (Å²) in [5.41, 5.74) is 1.69. The Morgan fingerprint density at radius 2 is 1.71 bits per heavy atom. The van der Waals surface area contributed by atoms with Crippen molar-refractivity contribution in [3.05, 3.63) is 104 Å². The molecular weight excluding hydrogens is 450 g/mol. The van der Waals surface area contributed by atoms with Gasteiger partial charge >= 0.3 is 0 Å². The van der Waals surface area contributed by atoms with E-state index in [1.54, 1.807) is 34.4 Å². The molecule has 0 aliphatic rings. The molecule has 0 spiro atoms. The lowest BCUT2D eigenvalue weighted by atomic mass is 10.2. The zero-order valence-corrected chi connectivity index (χ0v) is 19.8. The Labute approximate surface area is 203 Å². The third-order valence-corrected chi connectivity index (χ3v) is 6.01. The lowest BCUT2D eigenvalue weighted by Crippen LogP contribution is -2.42. The lowest BCUT2D eigenvalue weighted by Gasteiger charge is -2.27. The number of benzene rings is 2. The number of hydrogen-bond acceptors (Lipinski definition) is 5. The second kappa shape index (κ2) is 12.5. The fraction of sp³-hybridized carbons (Fsp3) is 0.231. The zero-order valence-electron chi connectivity index (χ0n) is 19.0. The molecular formula is C26H27N3O4S. The van der Waals surface area contributed by atoms with Crippen molar-refractivity contribution < 1.29 is 14.5 Å². The van der Waals surface area contributed by atoms with Gasteiger partial charge < -0.3 is 9.80 Å². The smallest absolute Gasteiger partial charge is 0.269 e. The summed E-state index contributed by atoms with van der Waals surface area (Å²) in [4.78, 5) is 40.9. The predicted molar refractivity (Wildman–Crippen MR) is 134 cm³/mol. The van der Waals surface area contributed by atoms with Crippen LogP contribution in [0.1, 0.15) is 29.3 Å². The van der Waals surface area contributed by atoms with E-state index in [4.69, 9.17) is 0 Å². The molecule has 1 heterocycles. The number of nitrogens with zero attached hydrogens (tertiary/aromatic N) is 3. The van der Waals surface area contributed by atoms with Crippen molar-refractivity contribution in [1.82, 2.24) is 9.80 Å². The van der Waals surface area contributed by atoms with Gasteiger partial charge in [0.25, 0.3) is 5.69 Å². The molecule has 3 aromatic rings. The van der Waals surface area contributed by atoms with Gasteiger partial charge in [0.05, 0.1) is 11.5 Å². The van der Waals surface area contributed by atoms with Crippen molar-refractivity contribution in [3.8, 4) is 0 Å². The minimum absolute atomic E-state index is 0.00840. The van der Waals surface area contributed by atoms with Gasteiger partial charge in [0.2, 0.25) is 11.8 Å². The molecule has 2 amide bonds. The van der Waals surface area contributed by atoms with Crippen LogP contribution < -0.4 is 0 Å². The molecule has 0 bridgehead atoms. The lowest BCUT2D eigenvalue weighted by molar-refractivity contribution is -0.384. The molecule has 0 aliphatic carbocycles. The standard InChI is InChI=1S/C26H27N3O4S/c1-2-16-27(25(30)15-12-21-10-13-23(14-11-21)29(32)33)20-26(31)28(19-24-9-6-17-34-24)18-22-7-4-3-5-8-22/h3-15,17H,2,16,18-20H2,1H3/b15-12+. The first-order chi connectivity index (χ1) is 16.5. The van der Waals surface area contributed by atoms with E-state index in [0.717, 1.165) is 10.4 Å². The Bertz CT molecular complexity index is 1110. The second-order valence-corrected chi connectivity index (χ2v) is 8.79. The van der Waals surface area contributed by atoms with Crippen LogP contribution in [0, 0.1) is 10.1 Å². The van der Waals surface area contributed by atoms with Gasteiger partial charge in [-0.3, -0.25) is 19.7 Å². The van der Waals surface area contributed by atoms with Crippen LogP contribution in [0.3, 0.4) is 0 Å². The van der Waals surface area contributed by atoms with Crippen LogP contribution in [-0.2, 0) is 22.7 Å². The minimum Gasteiger partial charge on any atom is -0.332 e. The van der Waals surface area contributed by atoms with Crippen LogP contribution >= 0.6 is 11.3 Å². The number of amides is 2. The maximum Gasteiger partial charge on any atom is 0.269 e. The number of nitro benzene ring substituents is 1. The number of hydrogen-bond donors (Lipinski definition) is 0.